The van der Waals surface area contributed by atoms with Crippen molar-refractivity contribution in [2.75, 3.05) is 23.3 Å². The van der Waals surface area contributed by atoms with Crippen LogP contribution < -0.4 is 14.4 Å². The Bertz CT molecular complexity index is 1660. The van der Waals surface area contributed by atoms with Crippen LogP contribution >= 0.6 is 11.3 Å². The molecule has 1 aliphatic rings. The zero-order valence-electron chi connectivity index (χ0n) is 22.8. The molecule has 1 N–H and O–H groups in total. The van der Waals surface area contributed by atoms with Crippen molar-refractivity contribution >= 4 is 43.9 Å². The van der Waals surface area contributed by atoms with Crippen molar-refractivity contribution in [2.45, 2.75) is 37.6 Å². The minimum absolute atomic E-state index is 0.000863. The Balaban J connectivity index is 1.55. The first-order chi connectivity index (χ1) is 19.8. The molecule has 4 aromatic rings. The number of para-hydroxylation sites is 1. The molecule has 0 fully saturated rings. The highest BCUT2D eigenvalue weighted by atomic mass is 32.2. The van der Waals surface area contributed by atoms with E-state index in [2.05, 4.69) is 5.32 Å². The first-order valence-electron chi connectivity index (χ1n) is 13.3. The number of hydrogen-bond acceptors (Lipinski definition) is 7. The van der Waals surface area contributed by atoms with E-state index in [-0.39, 0.29) is 29.3 Å². The summed E-state index contributed by atoms with van der Waals surface area (Å²) in [7, 11) is -2.60. The largest absolute Gasteiger partial charge is 0.497 e. The SMILES string of the molecule is CCOC(=O)c1c(NC(=O)c2ccccc2N(Cc2ccccc2)S(=O)(=O)c2ccc(OC)cc2)sc2c1CCC2. The van der Waals surface area contributed by atoms with E-state index in [1.54, 1.807) is 43.3 Å². The third-order valence-corrected chi connectivity index (χ3v) is 9.84. The number of nitrogens with one attached hydrogen (secondary N) is 1. The van der Waals surface area contributed by atoms with E-state index in [1.807, 2.05) is 30.3 Å². The second-order valence-electron chi connectivity index (χ2n) is 9.43. The molecule has 0 radical (unpaired) electrons. The van der Waals surface area contributed by atoms with Gasteiger partial charge in [-0.3, -0.25) is 9.10 Å². The molecule has 212 valence electrons. The van der Waals surface area contributed by atoms with Crippen LogP contribution in [0.3, 0.4) is 0 Å². The second-order valence-corrected chi connectivity index (χ2v) is 12.4. The van der Waals surface area contributed by atoms with Crippen molar-refractivity contribution in [3.63, 3.8) is 0 Å². The molecule has 10 heteroatoms. The van der Waals surface area contributed by atoms with Gasteiger partial charge < -0.3 is 14.8 Å². The van der Waals surface area contributed by atoms with E-state index in [1.165, 1.54) is 34.9 Å². The van der Waals surface area contributed by atoms with Gasteiger partial charge in [-0.15, -0.1) is 11.3 Å². The lowest BCUT2D eigenvalue weighted by Crippen LogP contribution is -2.32. The third-order valence-electron chi connectivity index (χ3n) is 6.86. The number of aryl methyl sites for hydroxylation is 1. The monoisotopic (exact) mass is 590 g/mol. The number of thiophene rings is 1. The van der Waals surface area contributed by atoms with Gasteiger partial charge in [-0.25, -0.2) is 13.2 Å². The number of benzene rings is 3. The third kappa shape index (κ3) is 5.84. The number of carbonyl (C=O) groups is 2. The molecule has 0 spiro atoms. The van der Waals surface area contributed by atoms with Gasteiger partial charge in [0.25, 0.3) is 15.9 Å². The average Bonchev–Trinajstić information content (AvgIpc) is 3.57. The number of sulfonamides is 1. The Morgan fingerprint density at radius 3 is 2.37 bits per heavy atom. The zero-order valence-corrected chi connectivity index (χ0v) is 24.4. The van der Waals surface area contributed by atoms with Crippen molar-refractivity contribution < 1.29 is 27.5 Å². The molecule has 0 unspecified atom stereocenters. The Morgan fingerprint density at radius 2 is 1.66 bits per heavy atom. The fourth-order valence-corrected chi connectivity index (χ4v) is 7.63. The lowest BCUT2D eigenvalue weighted by atomic mass is 10.1. The summed E-state index contributed by atoms with van der Waals surface area (Å²) < 4.78 is 39.9. The molecule has 8 nitrogen and oxygen atoms in total. The van der Waals surface area contributed by atoms with Crippen molar-refractivity contribution in [1.29, 1.82) is 0 Å². The number of carbonyl (C=O) groups excluding carboxylic acids is 2. The predicted molar refractivity (Wildman–Crippen MR) is 160 cm³/mol. The molecule has 1 aliphatic carbocycles. The number of hydrogen-bond donors (Lipinski definition) is 1. The van der Waals surface area contributed by atoms with Gasteiger partial charge in [0, 0.05) is 4.88 Å². The number of amides is 1. The normalized spacial score (nSPS) is 12.4. The molecular weight excluding hydrogens is 560 g/mol. The predicted octanol–water partition coefficient (Wildman–Crippen LogP) is 6.07. The first-order valence-corrected chi connectivity index (χ1v) is 15.5. The van der Waals surface area contributed by atoms with Crippen LogP contribution in [0.2, 0.25) is 0 Å². The maximum Gasteiger partial charge on any atom is 0.341 e. The molecule has 0 atom stereocenters. The van der Waals surface area contributed by atoms with Crippen LogP contribution in [-0.4, -0.2) is 34.0 Å². The summed E-state index contributed by atoms with van der Waals surface area (Å²) in [6.07, 6.45) is 2.53. The van der Waals surface area contributed by atoms with Crippen LogP contribution in [0, 0.1) is 0 Å². The number of fused-ring (bicyclic) bond motifs is 1. The fourth-order valence-electron chi connectivity index (χ4n) is 4.89. The topological polar surface area (TPSA) is 102 Å². The molecule has 0 saturated heterocycles. The van der Waals surface area contributed by atoms with Crippen molar-refractivity contribution in [1.82, 2.24) is 0 Å². The molecule has 3 aromatic carbocycles. The second kappa shape index (κ2) is 12.2. The van der Waals surface area contributed by atoms with Crippen LogP contribution in [0.15, 0.2) is 83.8 Å². The molecular formula is C31H30N2O6S2. The molecule has 1 heterocycles. The van der Waals surface area contributed by atoms with Gasteiger partial charge in [-0.1, -0.05) is 42.5 Å². The molecule has 0 bridgehead atoms. The van der Waals surface area contributed by atoms with Gasteiger partial charge in [-0.2, -0.15) is 0 Å². The number of nitrogens with zero attached hydrogens (tertiary/aromatic N) is 1. The van der Waals surface area contributed by atoms with Crippen LogP contribution in [-0.2, 0) is 34.1 Å². The number of ether oxygens (including phenoxy) is 2. The van der Waals surface area contributed by atoms with Gasteiger partial charge in [0.05, 0.1) is 42.0 Å². The lowest BCUT2D eigenvalue weighted by Gasteiger charge is -2.26. The summed E-state index contributed by atoms with van der Waals surface area (Å²) in [5, 5.41) is 3.32. The summed E-state index contributed by atoms with van der Waals surface area (Å²) in [5.74, 6) is -0.462. The Labute approximate surface area is 243 Å². The smallest absolute Gasteiger partial charge is 0.341 e. The minimum atomic E-state index is -4.11. The van der Waals surface area contributed by atoms with E-state index >= 15 is 0 Å². The van der Waals surface area contributed by atoms with Gasteiger partial charge in [-0.05, 0) is 73.7 Å². The minimum Gasteiger partial charge on any atom is -0.497 e. The summed E-state index contributed by atoms with van der Waals surface area (Å²) in [6.45, 7) is 1.96. The van der Waals surface area contributed by atoms with E-state index in [4.69, 9.17) is 9.47 Å². The average molecular weight is 591 g/mol. The Hall–Kier alpha value is -4.15. The number of methoxy groups -OCH3 is 1. The molecule has 1 amide bonds. The maximum absolute atomic E-state index is 14.1. The summed E-state index contributed by atoms with van der Waals surface area (Å²) in [6, 6.07) is 21.9. The quantitative estimate of drug-likeness (QED) is 0.225. The zero-order chi connectivity index (χ0) is 29.0. The van der Waals surface area contributed by atoms with E-state index < -0.39 is 21.9 Å². The Morgan fingerprint density at radius 1 is 0.951 bits per heavy atom. The van der Waals surface area contributed by atoms with E-state index in [0.717, 1.165) is 35.3 Å². The van der Waals surface area contributed by atoms with E-state index in [9.17, 15) is 18.0 Å². The van der Waals surface area contributed by atoms with Gasteiger partial charge in [0.15, 0.2) is 0 Å². The first kappa shape index (κ1) is 28.4. The van der Waals surface area contributed by atoms with Crippen LogP contribution in [0.5, 0.6) is 5.75 Å². The van der Waals surface area contributed by atoms with Crippen molar-refractivity contribution in [2.24, 2.45) is 0 Å². The summed E-state index contributed by atoms with van der Waals surface area (Å²) in [5.41, 5.74) is 2.43. The Kier molecular flexibility index (Phi) is 8.41. The van der Waals surface area contributed by atoms with Gasteiger partial charge in [0.2, 0.25) is 0 Å². The van der Waals surface area contributed by atoms with Crippen LogP contribution in [0.4, 0.5) is 10.7 Å². The van der Waals surface area contributed by atoms with Crippen LogP contribution in [0.1, 0.15) is 50.1 Å². The van der Waals surface area contributed by atoms with Crippen molar-refractivity contribution in [3.05, 3.63) is 106 Å². The van der Waals surface area contributed by atoms with Gasteiger partial charge in [0.1, 0.15) is 10.8 Å². The highest BCUT2D eigenvalue weighted by molar-refractivity contribution is 7.92. The van der Waals surface area contributed by atoms with Crippen LogP contribution in [0.25, 0.3) is 0 Å². The maximum atomic E-state index is 14.1. The van der Waals surface area contributed by atoms with E-state index in [0.29, 0.717) is 16.3 Å². The van der Waals surface area contributed by atoms with Crippen molar-refractivity contribution in [3.8, 4) is 5.75 Å². The number of rotatable bonds is 10. The molecule has 1 aromatic heterocycles. The number of anilines is 2. The molecule has 41 heavy (non-hydrogen) atoms. The highest BCUT2D eigenvalue weighted by Crippen LogP contribution is 2.40. The molecule has 5 rings (SSSR count). The summed E-state index contributed by atoms with van der Waals surface area (Å²) >= 11 is 1.37. The standard InChI is InChI=1S/C31H30N2O6S2/c1-3-39-31(35)28-25-13-9-15-27(25)40-30(28)32-29(34)24-12-7-8-14-26(24)33(20-21-10-5-4-6-11-21)41(36,37)23-18-16-22(38-2)17-19-23/h4-8,10-12,14,16-19H,3,9,13,15,20H2,1-2H3,(H,32,34). The molecule has 0 saturated carbocycles. The fraction of sp³-hybridized carbons (Fsp3) is 0.226. The van der Waals surface area contributed by atoms with Gasteiger partial charge >= 0.3 is 5.97 Å². The highest BCUT2D eigenvalue weighted by Gasteiger charge is 2.31. The lowest BCUT2D eigenvalue weighted by molar-refractivity contribution is 0.0527. The summed E-state index contributed by atoms with van der Waals surface area (Å²) in [4.78, 5) is 27.8. The molecule has 0 aliphatic heterocycles. The number of esters is 1.